The largest absolute Gasteiger partial charge is 0.508 e. The number of aryl methyl sites for hydroxylation is 1. The van der Waals surface area contributed by atoms with Crippen LogP contribution in [0.25, 0.3) is 0 Å². The summed E-state index contributed by atoms with van der Waals surface area (Å²) < 4.78 is 4.74. The Morgan fingerprint density at radius 1 is 1.28 bits per heavy atom. The van der Waals surface area contributed by atoms with Crippen molar-refractivity contribution in [3.63, 3.8) is 0 Å². The summed E-state index contributed by atoms with van der Waals surface area (Å²) in [6.45, 7) is 3.95. The second-order valence-electron chi connectivity index (χ2n) is 4.15. The van der Waals surface area contributed by atoms with Crippen LogP contribution in [-0.4, -0.2) is 23.5 Å². The topological polar surface area (TPSA) is 63.6 Å². The van der Waals surface area contributed by atoms with Gasteiger partial charge in [-0.05, 0) is 19.9 Å². The summed E-state index contributed by atoms with van der Waals surface area (Å²) in [5, 5.41) is 9.60. The number of phenolic OH excluding ortho intramolecular Hbond substituents is 1. The molecule has 0 aromatic heterocycles. The molecule has 1 aromatic carbocycles. The van der Waals surface area contributed by atoms with E-state index in [0.29, 0.717) is 12.2 Å². The number of rotatable bonds is 6. The fraction of sp³-hybridized carbons (Fsp3) is 0.429. The minimum Gasteiger partial charge on any atom is -0.508 e. The monoisotopic (exact) mass is 250 g/mol. The molecule has 0 amide bonds. The zero-order valence-electron chi connectivity index (χ0n) is 10.7. The molecule has 1 aromatic rings. The molecule has 0 heterocycles. The molecule has 0 radical (unpaired) electrons. The van der Waals surface area contributed by atoms with E-state index < -0.39 is 0 Å². The number of hydrogen-bond donors (Lipinski definition) is 1. The Bertz CT molecular complexity index is 437. The number of benzene rings is 1. The highest BCUT2D eigenvalue weighted by molar-refractivity contribution is 5.85. The molecule has 0 saturated carbocycles. The van der Waals surface area contributed by atoms with Gasteiger partial charge >= 0.3 is 5.97 Å². The molecular weight excluding hydrogens is 232 g/mol. The number of ether oxygens (including phenoxy) is 1. The number of phenols is 1. The van der Waals surface area contributed by atoms with Crippen LogP contribution in [0.5, 0.6) is 5.75 Å². The summed E-state index contributed by atoms with van der Waals surface area (Å²) in [5.74, 6) is -0.326. The summed E-state index contributed by atoms with van der Waals surface area (Å²) in [4.78, 5) is 22.8. The average molecular weight is 250 g/mol. The fourth-order valence-corrected chi connectivity index (χ4v) is 1.63. The summed E-state index contributed by atoms with van der Waals surface area (Å²) in [6.07, 6.45) is 0.387. The Labute approximate surface area is 107 Å². The summed E-state index contributed by atoms with van der Waals surface area (Å²) in [7, 11) is 0. The van der Waals surface area contributed by atoms with Crippen molar-refractivity contribution in [2.45, 2.75) is 33.1 Å². The van der Waals surface area contributed by atoms with Gasteiger partial charge < -0.3 is 9.84 Å². The van der Waals surface area contributed by atoms with Crippen molar-refractivity contribution in [1.29, 1.82) is 0 Å². The summed E-state index contributed by atoms with van der Waals surface area (Å²) >= 11 is 0. The van der Waals surface area contributed by atoms with Gasteiger partial charge in [0.05, 0.1) is 13.0 Å². The van der Waals surface area contributed by atoms with Crippen molar-refractivity contribution in [2.24, 2.45) is 0 Å². The maximum Gasteiger partial charge on any atom is 0.306 e. The van der Waals surface area contributed by atoms with E-state index in [1.807, 2.05) is 6.92 Å². The molecule has 1 rings (SSSR count). The molecule has 1 N–H and O–H groups in total. The van der Waals surface area contributed by atoms with Crippen molar-refractivity contribution < 1.29 is 19.4 Å². The number of Topliss-reactive ketones (excluding diaryl/α,β-unsaturated/α-hetero) is 1. The van der Waals surface area contributed by atoms with Crippen LogP contribution in [0.3, 0.4) is 0 Å². The minimum absolute atomic E-state index is 0.0797. The highest BCUT2D eigenvalue weighted by atomic mass is 16.5. The van der Waals surface area contributed by atoms with Crippen molar-refractivity contribution >= 4 is 11.8 Å². The molecule has 0 aliphatic carbocycles. The van der Waals surface area contributed by atoms with Gasteiger partial charge in [0.1, 0.15) is 11.5 Å². The lowest BCUT2D eigenvalue weighted by molar-refractivity contribution is -0.144. The number of hydrogen-bond acceptors (Lipinski definition) is 4. The molecule has 4 heteroatoms. The number of carbonyl (C=O) groups excluding carboxylic acids is 2. The normalized spacial score (nSPS) is 10.1. The van der Waals surface area contributed by atoms with Gasteiger partial charge in [-0.3, -0.25) is 9.59 Å². The van der Waals surface area contributed by atoms with Crippen molar-refractivity contribution in [1.82, 2.24) is 0 Å². The van der Waals surface area contributed by atoms with Crippen LogP contribution in [0.2, 0.25) is 0 Å². The first-order chi connectivity index (χ1) is 8.52. The number of carbonyl (C=O) groups is 2. The predicted octanol–water partition coefficient (Wildman–Crippen LogP) is 2.16. The maximum absolute atomic E-state index is 11.7. The number of aromatic hydroxyl groups is 1. The van der Waals surface area contributed by atoms with Gasteiger partial charge in [0, 0.05) is 18.4 Å². The molecule has 0 spiro atoms. The molecular formula is C14H18O4. The number of esters is 1. The van der Waals surface area contributed by atoms with Gasteiger partial charge in [0.2, 0.25) is 0 Å². The van der Waals surface area contributed by atoms with E-state index in [4.69, 9.17) is 4.74 Å². The zero-order chi connectivity index (χ0) is 13.5. The maximum atomic E-state index is 11.7. The molecule has 0 unspecified atom stereocenters. The van der Waals surface area contributed by atoms with Crippen molar-refractivity contribution in [3.8, 4) is 5.75 Å². The zero-order valence-corrected chi connectivity index (χ0v) is 10.7. The Morgan fingerprint density at radius 3 is 2.67 bits per heavy atom. The molecule has 0 atom stereocenters. The minimum atomic E-state index is -0.362. The van der Waals surface area contributed by atoms with Gasteiger partial charge in [0.15, 0.2) is 0 Å². The van der Waals surface area contributed by atoms with Gasteiger partial charge in [-0.25, -0.2) is 0 Å². The first kappa shape index (κ1) is 14.2. The molecule has 0 aliphatic rings. The second kappa shape index (κ2) is 6.79. The first-order valence-corrected chi connectivity index (χ1v) is 5.98. The van der Waals surface area contributed by atoms with Crippen LogP contribution in [0.1, 0.15) is 30.9 Å². The van der Waals surface area contributed by atoms with E-state index in [0.717, 1.165) is 5.56 Å². The number of ketones is 1. The van der Waals surface area contributed by atoms with Crippen LogP contribution in [0, 0.1) is 6.92 Å². The molecule has 4 nitrogen and oxygen atoms in total. The van der Waals surface area contributed by atoms with Gasteiger partial charge in [-0.1, -0.05) is 17.7 Å². The second-order valence-corrected chi connectivity index (χ2v) is 4.15. The van der Waals surface area contributed by atoms with Gasteiger partial charge in [-0.2, -0.15) is 0 Å². The smallest absolute Gasteiger partial charge is 0.306 e. The fourth-order valence-electron chi connectivity index (χ4n) is 1.63. The summed E-state index contributed by atoms with van der Waals surface area (Å²) in [5.41, 5.74) is 1.59. The first-order valence-electron chi connectivity index (χ1n) is 5.98. The third-order valence-corrected chi connectivity index (χ3v) is 2.54. The van der Waals surface area contributed by atoms with Crippen LogP contribution < -0.4 is 0 Å². The van der Waals surface area contributed by atoms with Gasteiger partial charge in [-0.15, -0.1) is 0 Å². The van der Waals surface area contributed by atoms with E-state index in [1.165, 1.54) is 0 Å². The van der Waals surface area contributed by atoms with Gasteiger partial charge in [0.25, 0.3) is 0 Å². The predicted molar refractivity (Wildman–Crippen MR) is 67.4 cm³/mol. The van der Waals surface area contributed by atoms with Crippen LogP contribution in [-0.2, 0) is 20.7 Å². The summed E-state index contributed by atoms with van der Waals surface area (Å²) in [6, 6.07) is 5.13. The van der Waals surface area contributed by atoms with Crippen molar-refractivity contribution in [2.75, 3.05) is 6.61 Å². The van der Waals surface area contributed by atoms with Crippen LogP contribution in [0.15, 0.2) is 18.2 Å². The highest BCUT2D eigenvalue weighted by Gasteiger charge is 2.11. The Balaban J connectivity index is 2.49. The third-order valence-electron chi connectivity index (χ3n) is 2.54. The van der Waals surface area contributed by atoms with Crippen LogP contribution >= 0.6 is 0 Å². The molecule has 0 saturated heterocycles. The Hall–Kier alpha value is -1.84. The molecule has 98 valence electrons. The third kappa shape index (κ3) is 4.57. The molecule has 0 bridgehead atoms. The Morgan fingerprint density at radius 2 is 2.00 bits per heavy atom. The SMILES string of the molecule is CCOC(=O)CCC(=O)Cc1cc(C)ccc1O. The molecule has 18 heavy (non-hydrogen) atoms. The lowest BCUT2D eigenvalue weighted by Crippen LogP contribution is -2.09. The standard InChI is InChI=1S/C14H18O4/c1-3-18-14(17)7-5-12(15)9-11-8-10(2)4-6-13(11)16/h4,6,8,16H,3,5,7,9H2,1-2H3. The average Bonchev–Trinajstić information content (AvgIpc) is 2.32. The van der Waals surface area contributed by atoms with E-state index in [-0.39, 0.29) is 36.8 Å². The van der Waals surface area contributed by atoms with E-state index >= 15 is 0 Å². The van der Waals surface area contributed by atoms with Crippen molar-refractivity contribution in [3.05, 3.63) is 29.3 Å². The quantitative estimate of drug-likeness (QED) is 0.786. The lowest BCUT2D eigenvalue weighted by Gasteiger charge is -2.05. The van der Waals surface area contributed by atoms with E-state index in [2.05, 4.69) is 0 Å². The Kier molecular flexibility index (Phi) is 5.36. The molecule has 0 aliphatic heterocycles. The highest BCUT2D eigenvalue weighted by Crippen LogP contribution is 2.19. The van der Waals surface area contributed by atoms with E-state index in [1.54, 1.807) is 25.1 Å². The van der Waals surface area contributed by atoms with Crippen LogP contribution in [0.4, 0.5) is 0 Å². The van der Waals surface area contributed by atoms with E-state index in [9.17, 15) is 14.7 Å². The lowest BCUT2D eigenvalue weighted by atomic mass is 10.0. The molecule has 0 fully saturated rings.